The SMILES string of the molecule is COCCOCOC/C=C(/C)C[C@H](O[Si](C)(C)C(C)(C)C)[C@H]1C(C)=CC[C@H]2C(C)(C)CCC[C@]12C. The Bertz CT molecular complexity index is 733. The molecule has 2 aliphatic carbocycles. The largest absolute Gasteiger partial charge is 0.413 e. The van der Waals surface area contributed by atoms with Gasteiger partial charge in [0.05, 0.1) is 25.9 Å². The van der Waals surface area contributed by atoms with E-state index < -0.39 is 8.32 Å². The second-order valence-electron chi connectivity index (χ2n) is 13.6. The van der Waals surface area contributed by atoms with Crippen LogP contribution in [0.2, 0.25) is 18.1 Å². The van der Waals surface area contributed by atoms with Gasteiger partial charge in [0.25, 0.3) is 0 Å². The van der Waals surface area contributed by atoms with Crippen molar-refractivity contribution < 1.29 is 18.6 Å². The predicted octanol–water partition coefficient (Wildman–Crippen LogP) is 8.15. The Kier molecular flexibility index (Phi) is 10.9. The summed E-state index contributed by atoms with van der Waals surface area (Å²) in [7, 11) is -0.269. The molecule has 0 spiro atoms. The van der Waals surface area contributed by atoms with Gasteiger partial charge < -0.3 is 18.6 Å². The van der Waals surface area contributed by atoms with Crippen LogP contribution < -0.4 is 0 Å². The highest BCUT2D eigenvalue weighted by atomic mass is 28.4. The Hall–Kier alpha value is -0.463. The van der Waals surface area contributed by atoms with Crippen LogP contribution in [0.1, 0.15) is 87.5 Å². The molecule has 2 rings (SSSR count). The Morgan fingerprint density at radius 2 is 1.83 bits per heavy atom. The molecule has 0 unspecified atom stereocenters. The first-order valence-electron chi connectivity index (χ1n) is 13.8. The van der Waals surface area contributed by atoms with Gasteiger partial charge in [0.1, 0.15) is 6.79 Å². The summed E-state index contributed by atoms with van der Waals surface area (Å²) < 4.78 is 23.5. The van der Waals surface area contributed by atoms with E-state index >= 15 is 0 Å². The third-order valence-electron chi connectivity index (χ3n) is 9.45. The van der Waals surface area contributed by atoms with Gasteiger partial charge in [-0.3, -0.25) is 0 Å². The van der Waals surface area contributed by atoms with Gasteiger partial charge >= 0.3 is 0 Å². The zero-order valence-corrected chi connectivity index (χ0v) is 25.9. The molecule has 1 saturated carbocycles. The minimum absolute atomic E-state index is 0.184. The molecular weight excluding hydrogens is 452 g/mol. The predicted molar refractivity (Wildman–Crippen MR) is 150 cm³/mol. The fourth-order valence-electron chi connectivity index (χ4n) is 6.49. The van der Waals surface area contributed by atoms with Gasteiger partial charge in [0, 0.05) is 13.0 Å². The van der Waals surface area contributed by atoms with Crippen molar-refractivity contribution in [3.05, 3.63) is 23.3 Å². The van der Waals surface area contributed by atoms with Crippen LogP contribution in [0.15, 0.2) is 23.3 Å². The van der Waals surface area contributed by atoms with Crippen molar-refractivity contribution in [1.82, 2.24) is 0 Å². The average Bonchev–Trinajstić information content (AvgIpc) is 2.70. The highest BCUT2D eigenvalue weighted by molar-refractivity contribution is 6.74. The lowest BCUT2D eigenvalue weighted by atomic mass is 9.48. The summed E-state index contributed by atoms with van der Waals surface area (Å²) in [6, 6.07) is 0. The number of methoxy groups -OCH3 is 1. The van der Waals surface area contributed by atoms with Crippen molar-refractivity contribution >= 4 is 8.32 Å². The van der Waals surface area contributed by atoms with Gasteiger partial charge in [-0.15, -0.1) is 0 Å². The quantitative estimate of drug-likeness (QED) is 0.115. The van der Waals surface area contributed by atoms with Crippen LogP contribution in [-0.2, 0) is 18.6 Å². The first-order chi connectivity index (χ1) is 16.2. The molecule has 0 radical (unpaired) electrons. The van der Waals surface area contributed by atoms with Crippen molar-refractivity contribution in [2.75, 3.05) is 33.7 Å². The molecule has 0 aromatic heterocycles. The molecule has 35 heavy (non-hydrogen) atoms. The first kappa shape index (κ1) is 30.8. The summed E-state index contributed by atoms with van der Waals surface area (Å²) >= 11 is 0. The molecule has 204 valence electrons. The fourth-order valence-corrected chi connectivity index (χ4v) is 7.82. The monoisotopic (exact) mass is 508 g/mol. The summed E-state index contributed by atoms with van der Waals surface area (Å²) in [6.45, 7) is 26.1. The van der Waals surface area contributed by atoms with Gasteiger partial charge in [-0.05, 0) is 74.4 Å². The summed E-state index contributed by atoms with van der Waals surface area (Å²) in [5, 5.41) is 0.184. The van der Waals surface area contributed by atoms with E-state index in [0.29, 0.717) is 43.9 Å². The smallest absolute Gasteiger partial charge is 0.192 e. The van der Waals surface area contributed by atoms with Crippen LogP contribution in [-0.4, -0.2) is 48.1 Å². The van der Waals surface area contributed by atoms with E-state index in [4.69, 9.17) is 18.6 Å². The Morgan fingerprint density at radius 3 is 2.46 bits per heavy atom. The van der Waals surface area contributed by atoms with Crippen molar-refractivity contribution in [2.45, 2.75) is 112 Å². The molecule has 0 aliphatic heterocycles. The molecule has 0 saturated heterocycles. The van der Waals surface area contributed by atoms with E-state index in [1.807, 2.05) is 0 Å². The number of rotatable bonds is 12. The average molecular weight is 509 g/mol. The zero-order chi connectivity index (χ0) is 26.5. The second kappa shape index (κ2) is 12.4. The highest BCUT2D eigenvalue weighted by Crippen LogP contribution is 2.61. The molecule has 0 bridgehead atoms. The topological polar surface area (TPSA) is 36.9 Å². The van der Waals surface area contributed by atoms with Crippen molar-refractivity contribution in [2.24, 2.45) is 22.7 Å². The first-order valence-corrected chi connectivity index (χ1v) is 16.7. The molecule has 0 N–H and O–H groups in total. The van der Waals surface area contributed by atoms with Gasteiger partial charge in [-0.25, -0.2) is 0 Å². The summed E-state index contributed by atoms with van der Waals surface area (Å²) in [6.07, 6.45) is 11.1. The lowest BCUT2D eigenvalue weighted by molar-refractivity contribution is -0.0716. The minimum atomic E-state index is -1.95. The Balaban J connectivity index is 2.28. The molecule has 2 aliphatic rings. The molecule has 4 atom stereocenters. The van der Waals surface area contributed by atoms with Gasteiger partial charge in [0.15, 0.2) is 8.32 Å². The van der Waals surface area contributed by atoms with Crippen LogP contribution in [0.3, 0.4) is 0 Å². The molecule has 1 fully saturated rings. The normalized spacial score (nSPS) is 28.4. The fraction of sp³-hybridized carbons (Fsp3) is 0.867. The Morgan fingerprint density at radius 1 is 1.14 bits per heavy atom. The molecule has 0 heterocycles. The number of fused-ring (bicyclic) bond motifs is 1. The molecule has 0 aromatic rings. The van der Waals surface area contributed by atoms with Crippen molar-refractivity contribution in [3.63, 3.8) is 0 Å². The number of allylic oxidation sites excluding steroid dienone is 1. The van der Waals surface area contributed by atoms with E-state index in [-0.39, 0.29) is 16.6 Å². The van der Waals surface area contributed by atoms with E-state index in [0.717, 1.165) is 6.42 Å². The van der Waals surface area contributed by atoms with Gasteiger partial charge in [-0.2, -0.15) is 0 Å². The third kappa shape index (κ3) is 7.77. The molecule has 5 heteroatoms. The van der Waals surface area contributed by atoms with Crippen LogP contribution in [0.25, 0.3) is 0 Å². The standard InChI is InChI=1S/C30H56O4Si/c1-23(15-18-32-22-33-20-19-31-9)21-25(34-35(10,11)28(3,4)5)27-24(2)13-14-26-29(6,7)16-12-17-30(26,27)8/h13,15,25-27H,12,14,16-22H2,1-11H3/b23-15-/t25-,26-,27+,30-/m0/s1. The van der Waals surface area contributed by atoms with Crippen LogP contribution in [0.4, 0.5) is 0 Å². The number of hydrogen-bond donors (Lipinski definition) is 0. The van der Waals surface area contributed by atoms with Crippen LogP contribution in [0.5, 0.6) is 0 Å². The van der Waals surface area contributed by atoms with Crippen molar-refractivity contribution in [1.29, 1.82) is 0 Å². The summed E-state index contributed by atoms with van der Waals surface area (Å²) in [5.74, 6) is 1.16. The Labute approximate surface area is 218 Å². The molecule has 0 aromatic carbocycles. The maximum absolute atomic E-state index is 7.31. The maximum atomic E-state index is 7.31. The molecule has 4 nitrogen and oxygen atoms in total. The highest BCUT2D eigenvalue weighted by Gasteiger charge is 2.55. The van der Waals surface area contributed by atoms with Crippen LogP contribution >= 0.6 is 0 Å². The van der Waals surface area contributed by atoms with Gasteiger partial charge in [-0.1, -0.05) is 71.3 Å². The van der Waals surface area contributed by atoms with E-state index in [1.54, 1.807) is 12.7 Å². The van der Waals surface area contributed by atoms with E-state index in [2.05, 4.69) is 80.6 Å². The lowest BCUT2D eigenvalue weighted by Crippen LogP contribution is -2.55. The second-order valence-corrected chi connectivity index (χ2v) is 18.4. The lowest BCUT2D eigenvalue weighted by Gasteiger charge is -2.59. The third-order valence-corrected chi connectivity index (χ3v) is 14.0. The zero-order valence-electron chi connectivity index (χ0n) is 24.9. The minimum Gasteiger partial charge on any atom is -0.413 e. The van der Waals surface area contributed by atoms with E-state index in [1.165, 1.54) is 31.3 Å². The maximum Gasteiger partial charge on any atom is 0.192 e. The van der Waals surface area contributed by atoms with Crippen LogP contribution in [0, 0.1) is 22.7 Å². The number of hydrogen-bond acceptors (Lipinski definition) is 4. The van der Waals surface area contributed by atoms with Gasteiger partial charge in [0.2, 0.25) is 0 Å². The summed E-state index contributed by atoms with van der Waals surface area (Å²) in [5.41, 5.74) is 3.55. The molecule has 0 amide bonds. The molecular formula is C30H56O4Si. The number of ether oxygens (including phenoxy) is 3. The summed E-state index contributed by atoms with van der Waals surface area (Å²) in [4.78, 5) is 0. The van der Waals surface area contributed by atoms with E-state index in [9.17, 15) is 0 Å². The van der Waals surface area contributed by atoms with Crippen molar-refractivity contribution in [3.8, 4) is 0 Å².